The average molecular weight is 229 g/mol. The van der Waals surface area contributed by atoms with E-state index in [-0.39, 0.29) is 0 Å². The molecule has 9 heavy (non-hydrogen) atoms. The van der Waals surface area contributed by atoms with Crippen LogP contribution in [0.4, 0.5) is 0 Å². The van der Waals surface area contributed by atoms with E-state index in [2.05, 4.69) is 0 Å². The second kappa shape index (κ2) is 3.12. The van der Waals surface area contributed by atoms with Crippen LogP contribution in [0.1, 0.15) is 5.56 Å². The van der Waals surface area contributed by atoms with Gasteiger partial charge in [-0.3, -0.25) is 0 Å². The first-order valence-electron chi connectivity index (χ1n) is 2.73. The first kappa shape index (κ1) is 6.95. The summed E-state index contributed by atoms with van der Waals surface area (Å²) < 4.78 is 11.4. The summed E-state index contributed by atoms with van der Waals surface area (Å²) in [4.78, 5) is 0. The SMILES string of the molecule is Cc1cc[c]([Sb]=[O])cc1. The van der Waals surface area contributed by atoms with Crippen molar-refractivity contribution in [2.24, 2.45) is 0 Å². The van der Waals surface area contributed by atoms with Crippen LogP contribution in [0.5, 0.6) is 0 Å². The van der Waals surface area contributed by atoms with E-state index in [4.69, 9.17) is 0 Å². The van der Waals surface area contributed by atoms with Crippen molar-refractivity contribution in [1.82, 2.24) is 0 Å². The van der Waals surface area contributed by atoms with Crippen LogP contribution in [0, 0.1) is 6.92 Å². The molecule has 0 N–H and O–H groups in total. The van der Waals surface area contributed by atoms with E-state index in [0.717, 1.165) is 3.51 Å². The normalized spacial score (nSPS) is 9.00. The number of hydrogen-bond acceptors (Lipinski definition) is 1. The van der Waals surface area contributed by atoms with Crippen molar-refractivity contribution in [2.75, 3.05) is 0 Å². The van der Waals surface area contributed by atoms with Gasteiger partial charge in [0.15, 0.2) is 0 Å². The van der Waals surface area contributed by atoms with Gasteiger partial charge >= 0.3 is 64.9 Å². The van der Waals surface area contributed by atoms with E-state index in [9.17, 15) is 3.02 Å². The first-order valence-corrected chi connectivity index (χ1v) is 5.05. The van der Waals surface area contributed by atoms with Gasteiger partial charge in [0.2, 0.25) is 0 Å². The second-order valence-electron chi connectivity index (χ2n) is 1.93. The number of aryl methyl sites for hydroxylation is 1. The van der Waals surface area contributed by atoms with E-state index in [1.54, 1.807) is 0 Å². The van der Waals surface area contributed by atoms with Crippen molar-refractivity contribution >= 4 is 25.1 Å². The maximum absolute atomic E-state index is 10.4. The molecule has 0 spiro atoms. The molecule has 1 rings (SSSR count). The van der Waals surface area contributed by atoms with Gasteiger partial charge in [0.1, 0.15) is 0 Å². The van der Waals surface area contributed by atoms with Crippen molar-refractivity contribution in [3.8, 4) is 0 Å². The van der Waals surface area contributed by atoms with Crippen LogP contribution < -0.4 is 3.51 Å². The van der Waals surface area contributed by atoms with Gasteiger partial charge in [0.25, 0.3) is 0 Å². The number of rotatable bonds is 1. The quantitative estimate of drug-likeness (QED) is 0.646. The molecule has 0 saturated heterocycles. The summed E-state index contributed by atoms with van der Waals surface area (Å²) in [5, 5.41) is 0. The van der Waals surface area contributed by atoms with Crippen LogP contribution in [-0.2, 0) is 3.02 Å². The molecule has 0 amide bonds. The van der Waals surface area contributed by atoms with Crippen LogP contribution >= 0.6 is 0 Å². The molecule has 0 radical (unpaired) electrons. The predicted octanol–water partition coefficient (Wildman–Crippen LogP) is 0.670. The van der Waals surface area contributed by atoms with E-state index in [1.807, 2.05) is 31.2 Å². The molecule has 0 aliphatic rings. The summed E-state index contributed by atoms with van der Waals surface area (Å²) in [6, 6.07) is 7.84. The fraction of sp³-hybridized carbons (Fsp3) is 0.143. The molecule has 1 aromatic carbocycles. The van der Waals surface area contributed by atoms with E-state index < -0.39 is 21.6 Å². The van der Waals surface area contributed by atoms with Crippen molar-refractivity contribution < 1.29 is 3.02 Å². The van der Waals surface area contributed by atoms with Gasteiger partial charge in [-0.15, -0.1) is 0 Å². The Morgan fingerprint density at radius 3 is 2.22 bits per heavy atom. The summed E-state index contributed by atoms with van der Waals surface area (Å²) in [7, 11) is 0. The van der Waals surface area contributed by atoms with Crippen molar-refractivity contribution in [3.63, 3.8) is 0 Å². The van der Waals surface area contributed by atoms with Crippen molar-refractivity contribution in [1.29, 1.82) is 0 Å². The molecule has 0 bridgehead atoms. The minimum absolute atomic E-state index is 1.01. The van der Waals surface area contributed by atoms with Crippen LogP contribution in [0.15, 0.2) is 24.3 Å². The Bertz CT molecular complexity index is 203. The first-order chi connectivity index (χ1) is 4.33. The molecular formula is C7H7OSb. The molecule has 1 nitrogen and oxygen atoms in total. The summed E-state index contributed by atoms with van der Waals surface area (Å²) in [6.07, 6.45) is 0. The molecule has 0 unspecified atom stereocenters. The van der Waals surface area contributed by atoms with Crippen molar-refractivity contribution in [2.45, 2.75) is 6.92 Å². The van der Waals surface area contributed by atoms with E-state index in [0.29, 0.717) is 0 Å². The monoisotopic (exact) mass is 228 g/mol. The van der Waals surface area contributed by atoms with Crippen LogP contribution in [0.2, 0.25) is 0 Å². The molecule has 1 aromatic rings. The van der Waals surface area contributed by atoms with Crippen molar-refractivity contribution in [3.05, 3.63) is 29.8 Å². The molecule has 0 saturated carbocycles. The standard InChI is InChI=1S/C7H7.O.Sb/c1-7-5-3-2-4-6-7;;/h3-6H,1H3;;. The molecule has 0 fully saturated rings. The van der Waals surface area contributed by atoms with Gasteiger partial charge in [-0.1, -0.05) is 0 Å². The Hall–Kier alpha value is -0.162. The molecular weight excluding hydrogens is 222 g/mol. The van der Waals surface area contributed by atoms with Gasteiger partial charge in [0, 0.05) is 0 Å². The Morgan fingerprint density at radius 2 is 1.78 bits per heavy atom. The fourth-order valence-corrected chi connectivity index (χ4v) is 1.38. The maximum atomic E-state index is 10.4. The molecule has 0 aliphatic heterocycles. The topological polar surface area (TPSA) is 17.1 Å². The third kappa shape index (κ3) is 1.91. The average Bonchev–Trinajstić information content (AvgIpc) is 1.90. The molecule has 0 heterocycles. The summed E-state index contributed by atoms with van der Waals surface area (Å²) in [6.45, 7) is 2.03. The predicted molar refractivity (Wildman–Crippen MR) is 37.3 cm³/mol. The summed E-state index contributed by atoms with van der Waals surface area (Å²) in [5.74, 6) is 0. The minimum atomic E-state index is -1.26. The zero-order valence-corrected chi connectivity index (χ0v) is 7.72. The van der Waals surface area contributed by atoms with Crippen LogP contribution in [-0.4, -0.2) is 21.6 Å². The number of benzene rings is 1. The van der Waals surface area contributed by atoms with E-state index >= 15 is 0 Å². The van der Waals surface area contributed by atoms with E-state index in [1.165, 1.54) is 5.56 Å². The Balaban J connectivity index is 3.01. The molecule has 2 heteroatoms. The van der Waals surface area contributed by atoms with Crippen LogP contribution in [0.3, 0.4) is 0 Å². The van der Waals surface area contributed by atoms with Crippen LogP contribution in [0.25, 0.3) is 0 Å². The van der Waals surface area contributed by atoms with Gasteiger partial charge in [-0.05, 0) is 0 Å². The third-order valence-corrected chi connectivity index (χ3v) is 2.59. The summed E-state index contributed by atoms with van der Waals surface area (Å²) in [5.41, 5.74) is 1.23. The number of hydrogen-bond donors (Lipinski definition) is 0. The molecule has 0 atom stereocenters. The Morgan fingerprint density at radius 1 is 1.22 bits per heavy atom. The van der Waals surface area contributed by atoms with Gasteiger partial charge < -0.3 is 0 Å². The molecule has 0 aliphatic carbocycles. The fourth-order valence-electron chi connectivity index (χ4n) is 0.606. The zero-order valence-electron chi connectivity index (χ0n) is 5.16. The van der Waals surface area contributed by atoms with Gasteiger partial charge in [0.05, 0.1) is 0 Å². The second-order valence-corrected chi connectivity index (χ2v) is 3.92. The molecule has 0 aromatic heterocycles. The van der Waals surface area contributed by atoms with Gasteiger partial charge in [-0.25, -0.2) is 0 Å². The summed E-state index contributed by atoms with van der Waals surface area (Å²) >= 11 is -1.26. The third-order valence-electron chi connectivity index (χ3n) is 1.14. The Labute approximate surface area is 65.0 Å². The molecule has 46 valence electrons. The Kier molecular flexibility index (Phi) is 2.41. The zero-order chi connectivity index (χ0) is 6.69. The van der Waals surface area contributed by atoms with Gasteiger partial charge in [-0.2, -0.15) is 0 Å².